The summed E-state index contributed by atoms with van der Waals surface area (Å²) < 4.78 is 0. The summed E-state index contributed by atoms with van der Waals surface area (Å²) in [5.74, 6) is 0. The molecule has 214 valence electrons. The van der Waals surface area contributed by atoms with E-state index in [1.54, 1.807) is 0 Å². The Kier molecular flexibility index (Phi) is 11.0. The summed E-state index contributed by atoms with van der Waals surface area (Å²) in [5, 5.41) is 0. The number of hydrogen-bond donors (Lipinski definition) is 0. The summed E-state index contributed by atoms with van der Waals surface area (Å²) in [5.41, 5.74) is 9.67. The van der Waals surface area contributed by atoms with E-state index in [1.807, 2.05) is 6.07 Å². The molecule has 0 heterocycles. The second kappa shape index (κ2) is 15.9. The van der Waals surface area contributed by atoms with Gasteiger partial charge in [-0.15, -0.1) is 0 Å². The van der Waals surface area contributed by atoms with Gasteiger partial charge in [0.25, 0.3) is 0 Å². The predicted molar refractivity (Wildman–Crippen MR) is 189 cm³/mol. The van der Waals surface area contributed by atoms with Crippen LogP contribution in [-0.2, 0) is 6.42 Å². The second-order valence-corrected chi connectivity index (χ2v) is 10.8. The van der Waals surface area contributed by atoms with Crippen LogP contribution in [0.15, 0.2) is 157 Å². The lowest BCUT2D eigenvalue weighted by atomic mass is 10.1. The lowest BCUT2D eigenvalue weighted by Crippen LogP contribution is -2.10. The number of unbranched alkanes of at least 4 members (excludes halogenated alkanes) is 1. The molecule has 1 aliphatic carbocycles. The van der Waals surface area contributed by atoms with E-state index in [0.717, 1.165) is 36.3 Å². The number of aryl methyl sites for hydroxylation is 1. The first-order valence-corrected chi connectivity index (χ1v) is 15.5. The minimum atomic E-state index is 1.12. The van der Waals surface area contributed by atoms with Gasteiger partial charge >= 0.3 is 0 Å². The third-order valence-electron chi connectivity index (χ3n) is 7.52. The van der Waals surface area contributed by atoms with E-state index in [1.165, 1.54) is 40.7 Å². The Morgan fingerprint density at radius 1 is 0.558 bits per heavy atom. The molecule has 0 saturated heterocycles. The molecule has 0 aliphatic heterocycles. The molecule has 0 spiro atoms. The molecule has 5 rings (SSSR count). The Morgan fingerprint density at radius 2 is 1.07 bits per heavy atom. The number of anilines is 3. The van der Waals surface area contributed by atoms with E-state index in [0.29, 0.717) is 0 Å². The highest BCUT2D eigenvalue weighted by Crippen LogP contribution is 2.35. The average molecular weight is 560 g/mol. The van der Waals surface area contributed by atoms with Gasteiger partial charge in [0.2, 0.25) is 0 Å². The van der Waals surface area contributed by atoms with Crippen molar-refractivity contribution in [3.63, 3.8) is 0 Å². The summed E-state index contributed by atoms with van der Waals surface area (Å²) in [6.07, 6.45) is 29.6. The molecule has 0 atom stereocenters. The van der Waals surface area contributed by atoms with Gasteiger partial charge in [0, 0.05) is 17.1 Å². The standard InChI is InChI=1S/C42H41N/c1-2-3-14-37-23-29-40(30-24-37)43(41-31-25-38(26-32-41)21-12-10-19-35-15-6-4-7-16-35)42-33-27-39(28-34-42)22-13-11-20-36-17-8-5-9-18-36/h4,6-8,10-13,15-34H,2-3,5,9,14H2,1H3/b19-10+,20-11+,21-12+,22-13+. The first-order valence-electron chi connectivity index (χ1n) is 15.5. The highest BCUT2D eigenvalue weighted by Gasteiger charge is 2.12. The van der Waals surface area contributed by atoms with E-state index in [4.69, 9.17) is 0 Å². The zero-order valence-electron chi connectivity index (χ0n) is 25.1. The summed E-state index contributed by atoms with van der Waals surface area (Å²) in [6, 6.07) is 37.0. The SMILES string of the molecule is CCCCc1ccc(N(c2ccc(/C=C/C=C/C3=CCCC=C3)cc2)c2ccc(/C=C/C=C/c3ccccc3)cc2)cc1. The van der Waals surface area contributed by atoms with Crippen LogP contribution in [0.5, 0.6) is 0 Å². The molecular weight excluding hydrogens is 518 g/mol. The third-order valence-corrected chi connectivity index (χ3v) is 7.52. The molecule has 1 heteroatoms. The predicted octanol–water partition coefficient (Wildman–Crippen LogP) is 12.1. The number of hydrogen-bond acceptors (Lipinski definition) is 1. The molecule has 0 unspecified atom stereocenters. The van der Waals surface area contributed by atoms with Gasteiger partial charge in [0.1, 0.15) is 0 Å². The fourth-order valence-electron chi connectivity index (χ4n) is 5.10. The maximum Gasteiger partial charge on any atom is 0.0462 e. The maximum atomic E-state index is 2.34. The Labute approximate surface area is 258 Å². The number of nitrogens with zero attached hydrogens (tertiary/aromatic N) is 1. The van der Waals surface area contributed by atoms with Crippen LogP contribution >= 0.6 is 0 Å². The summed E-state index contributed by atoms with van der Waals surface area (Å²) in [4.78, 5) is 2.34. The smallest absolute Gasteiger partial charge is 0.0462 e. The van der Waals surface area contributed by atoms with Crippen LogP contribution in [0.4, 0.5) is 17.1 Å². The fraction of sp³-hybridized carbons (Fsp3) is 0.143. The minimum absolute atomic E-state index is 1.12. The molecule has 1 nitrogen and oxygen atoms in total. The van der Waals surface area contributed by atoms with Gasteiger partial charge in [0.05, 0.1) is 0 Å². The van der Waals surface area contributed by atoms with Crippen LogP contribution in [0.2, 0.25) is 0 Å². The van der Waals surface area contributed by atoms with Gasteiger partial charge in [-0.3, -0.25) is 0 Å². The van der Waals surface area contributed by atoms with Crippen molar-refractivity contribution < 1.29 is 0 Å². The Morgan fingerprint density at radius 3 is 1.58 bits per heavy atom. The zero-order valence-corrected chi connectivity index (χ0v) is 25.1. The van der Waals surface area contributed by atoms with Gasteiger partial charge < -0.3 is 4.90 Å². The topological polar surface area (TPSA) is 3.24 Å². The van der Waals surface area contributed by atoms with Crippen molar-refractivity contribution >= 4 is 35.3 Å². The fourth-order valence-corrected chi connectivity index (χ4v) is 5.10. The molecule has 1 aliphatic rings. The van der Waals surface area contributed by atoms with E-state index >= 15 is 0 Å². The van der Waals surface area contributed by atoms with Crippen LogP contribution in [0.3, 0.4) is 0 Å². The molecule has 0 saturated carbocycles. The van der Waals surface area contributed by atoms with Crippen molar-refractivity contribution in [3.05, 3.63) is 180 Å². The third kappa shape index (κ3) is 9.05. The lowest BCUT2D eigenvalue weighted by Gasteiger charge is -2.26. The van der Waals surface area contributed by atoms with Crippen LogP contribution in [0.25, 0.3) is 18.2 Å². The van der Waals surface area contributed by atoms with E-state index < -0.39 is 0 Å². The number of allylic oxidation sites excluding steroid dienone is 9. The largest absolute Gasteiger partial charge is 0.311 e. The van der Waals surface area contributed by atoms with Crippen LogP contribution in [0.1, 0.15) is 54.9 Å². The van der Waals surface area contributed by atoms with Crippen molar-refractivity contribution in [3.8, 4) is 0 Å². The van der Waals surface area contributed by atoms with Crippen molar-refractivity contribution in [1.29, 1.82) is 0 Å². The first kappa shape index (κ1) is 29.6. The van der Waals surface area contributed by atoms with Crippen LogP contribution in [-0.4, -0.2) is 0 Å². The molecule has 4 aromatic carbocycles. The monoisotopic (exact) mass is 559 g/mol. The Hall–Kier alpha value is -4.88. The molecule has 0 amide bonds. The second-order valence-electron chi connectivity index (χ2n) is 10.8. The highest BCUT2D eigenvalue weighted by atomic mass is 15.1. The van der Waals surface area contributed by atoms with Gasteiger partial charge in [-0.1, -0.05) is 147 Å². The quantitative estimate of drug-likeness (QED) is 0.156. The molecular formula is C42H41N. The molecule has 0 bridgehead atoms. The highest BCUT2D eigenvalue weighted by molar-refractivity contribution is 5.78. The number of benzene rings is 4. The van der Waals surface area contributed by atoms with Crippen molar-refractivity contribution in [1.82, 2.24) is 0 Å². The molecule has 0 fully saturated rings. The van der Waals surface area contributed by atoms with Crippen molar-refractivity contribution in [2.24, 2.45) is 0 Å². The normalized spacial score (nSPS) is 13.5. The molecule has 0 radical (unpaired) electrons. The first-order chi connectivity index (χ1) is 21.3. The van der Waals surface area contributed by atoms with Gasteiger partial charge in [0.15, 0.2) is 0 Å². The van der Waals surface area contributed by atoms with E-state index in [2.05, 4.69) is 176 Å². The summed E-state index contributed by atoms with van der Waals surface area (Å²) >= 11 is 0. The van der Waals surface area contributed by atoms with Gasteiger partial charge in [-0.2, -0.15) is 0 Å². The summed E-state index contributed by atoms with van der Waals surface area (Å²) in [6.45, 7) is 2.25. The Balaban J connectivity index is 1.34. The van der Waals surface area contributed by atoms with Crippen LogP contribution in [0, 0.1) is 0 Å². The lowest BCUT2D eigenvalue weighted by molar-refractivity contribution is 0.795. The average Bonchev–Trinajstić information content (AvgIpc) is 3.07. The zero-order chi connectivity index (χ0) is 29.5. The number of rotatable bonds is 12. The van der Waals surface area contributed by atoms with Gasteiger partial charge in [-0.25, -0.2) is 0 Å². The minimum Gasteiger partial charge on any atom is -0.311 e. The van der Waals surface area contributed by atoms with E-state index in [9.17, 15) is 0 Å². The summed E-state index contributed by atoms with van der Waals surface area (Å²) in [7, 11) is 0. The molecule has 4 aromatic rings. The Bertz CT molecular complexity index is 1590. The molecule has 43 heavy (non-hydrogen) atoms. The van der Waals surface area contributed by atoms with Crippen LogP contribution < -0.4 is 4.90 Å². The molecule has 0 N–H and O–H groups in total. The van der Waals surface area contributed by atoms with E-state index in [-0.39, 0.29) is 0 Å². The van der Waals surface area contributed by atoms with Crippen molar-refractivity contribution in [2.75, 3.05) is 4.90 Å². The molecule has 0 aromatic heterocycles. The van der Waals surface area contributed by atoms with Gasteiger partial charge in [-0.05, 0) is 89.9 Å². The van der Waals surface area contributed by atoms with Crippen molar-refractivity contribution in [2.45, 2.75) is 39.0 Å². The maximum absolute atomic E-state index is 2.34.